The number of thiocarbonyl (C=S) groups is 1. The van der Waals surface area contributed by atoms with Gasteiger partial charge in [-0.3, -0.25) is 9.69 Å². The maximum atomic E-state index is 13.2. The quantitative estimate of drug-likeness (QED) is 0.141. The zero-order chi connectivity index (χ0) is 25.7. The summed E-state index contributed by atoms with van der Waals surface area (Å²) >= 11 is 16.3. The van der Waals surface area contributed by atoms with Crippen molar-refractivity contribution in [1.82, 2.24) is 0 Å². The van der Waals surface area contributed by atoms with Crippen LogP contribution in [-0.2, 0) is 17.8 Å². The fourth-order valence-corrected chi connectivity index (χ4v) is 5.44. The molecule has 4 nitrogen and oxygen atoms in total. The largest absolute Gasteiger partial charge is 0.490 e. The van der Waals surface area contributed by atoms with Gasteiger partial charge in [-0.05, 0) is 73.0 Å². The zero-order valence-corrected chi connectivity index (χ0v) is 23.5. The van der Waals surface area contributed by atoms with Gasteiger partial charge in [-0.25, -0.2) is 0 Å². The number of anilines is 1. The van der Waals surface area contributed by atoms with Crippen LogP contribution >= 0.6 is 51.5 Å². The van der Waals surface area contributed by atoms with Crippen LogP contribution in [0.15, 0.2) is 82.7 Å². The first-order valence-corrected chi connectivity index (χ1v) is 13.6. The van der Waals surface area contributed by atoms with Crippen molar-refractivity contribution in [2.45, 2.75) is 20.0 Å². The second-order valence-electron chi connectivity index (χ2n) is 7.85. The number of halogens is 2. The Labute approximate surface area is 234 Å². The molecule has 36 heavy (non-hydrogen) atoms. The zero-order valence-electron chi connectivity index (χ0n) is 19.5. The van der Waals surface area contributed by atoms with Crippen molar-refractivity contribution < 1.29 is 14.3 Å². The van der Waals surface area contributed by atoms with E-state index < -0.39 is 0 Å². The monoisotopic (exact) mass is 599 g/mol. The molecule has 0 bridgehead atoms. The smallest absolute Gasteiger partial charge is 0.270 e. The Hall–Kier alpha value is -2.58. The number of benzene rings is 3. The van der Waals surface area contributed by atoms with Gasteiger partial charge < -0.3 is 9.47 Å². The third-order valence-corrected chi connectivity index (χ3v) is 7.34. The lowest BCUT2D eigenvalue weighted by Crippen LogP contribution is -2.27. The Bertz CT molecular complexity index is 1340. The van der Waals surface area contributed by atoms with E-state index in [2.05, 4.69) is 22.5 Å². The number of allylic oxidation sites excluding steroid dienone is 1. The minimum absolute atomic E-state index is 0.189. The Kier molecular flexibility index (Phi) is 8.90. The van der Waals surface area contributed by atoms with Crippen molar-refractivity contribution in [3.63, 3.8) is 0 Å². The highest BCUT2D eigenvalue weighted by Gasteiger charge is 2.33. The summed E-state index contributed by atoms with van der Waals surface area (Å²) in [4.78, 5) is 15.3. The molecular weight excluding hydrogens is 578 g/mol. The van der Waals surface area contributed by atoms with Gasteiger partial charge in [0.25, 0.3) is 5.91 Å². The first-order chi connectivity index (χ1) is 17.4. The van der Waals surface area contributed by atoms with Crippen molar-refractivity contribution >= 4 is 73.5 Å². The summed E-state index contributed by atoms with van der Waals surface area (Å²) in [7, 11) is 0. The standard InChI is InChI=1S/C28H23BrClNO3S2/c1-3-6-20-13-19(14-24(33-4-2)26(20)34-17-18-9-11-21(29)12-10-18)15-25-27(32)31(28(35)36-25)23-8-5-7-22(30)16-23/h3,5,7-16H,1,4,6,17H2,2H3/b25-15+. The van der Waals surface area contributed by atoms with E-state index in [4.69, 9.17) is 33.3 Å². The molecule has 0 radical (unpaired) electrons. The molecule has 184 valence electrons. The second-order valence-corrected chi connectivity index (χ2v) is 10.9. The second kappa shape index (κ2) is 12.1. The number of ether oxygens (including phenoxy) is 2. The summed E-state index contributed by atoms with van der Waals surface area (Å²) in [5.41, 5.74) is 3.42. The predicted octanol–water partition coefficient (Wildman–Crippen LogP) is 8.21. The first kappa shape index (κ1) is 26.5. The van der Waals surface area contributed by atoms with Crippen LogP contribution in [-0.4, -0.2) is 16.8 Å². The summed E-state index contributed by atoms with van der Waals surface area (Å²) < 4.78 is 13.6. The van der Waals surface area contributed by atoms with Gasteiger partial charge in [-0.1, -0.05) is 75.8 Å². The molecule has 1 aliphatic heterocycles. The van der Waals surface area contributed by atoms with Gasteiger partial charge in [0.15, 0.2) is 15.8 Å². The topological polar surface area (TPSA) is 38.8 Å². The van der Waals surface area contributed by atoms with Crippen LogP contribution in [0.1, 0.15) is 23.6 Å². The molecule has 0 N–H and O–H groups in total. The molecule has 0 aromatic heterocycles. The Morgan fingerprint density at radius 2 is 1.92 bits per heavy atom. The lowest BCUT2D eigenvalue weighted by atomic mass is 10.0. The third kappa shape index (κ3) is 6.21. The molecule has 0 unspecified atom stereocenters. The van der Waals surface area contributed by atoms with Gasteiger partial charge in [0, 0.05) is 15.1 Å². The van der Waals surface area contributed by atoms with E-state index in [0.717, 1.165) is 21.2 Å². The van der Waals surface area contributed by atoms with Crippen LogP contribution in [0.4, 0.5) is 5.69 Å². The van der Waals surface area contributed by atoms with Crippen molar-refractivity contribution in [2.24, 2.45) is 0 Å². The van der Waals surface area contributed by atoms with E-state index in [9.17, 15) is 4.79 Å². The molecule has 3 aromatic rings. The van der Waals surface area contributed by atoms with Crippen LogP contribution in [0.25, 0.3) is 6.08 Å². The molecule has 1 amide bonds. The summed E-state index contributed by atoms with van der Waals surface area (Å²) in [6, 6.07) is 18.9. The number of carbonyl (C=O) groups excluding carboxylic acids is 1. The van der Waals surface area contributed by atoms with Gasteiger partial charge in [-0.15, -0.1) is 6.58 Å². The van der Waals surface area contributed by atoms with Crippen molar-refractivity contribution in [3.8, 4) is 11.5 Å². The SMILES string of the molecule is C=CCc1cc(/C=C2/SC(=S)N(c3cccc(Cl)c3)C2=O)cc(OCC)c1OCc1ccc(Br)cc1. The normalized spacial score (nSPS) is 14.4. The number of hydrogen-bond acceptors (Lipinski definition) is 5. The molecule has 4 rings (SSSR count). The van der Waals surface area contributed by atoms with E-state index >= 15 is 0 Å². The lowest BCUT2D eigenvalue weighted by Gasteiger charge is -2.17. The van der Waals surface area contributed by atoms with Crippen LogP contribution in [0.3, 0.4) is 0 Å². The Morgan fingerprint density at radius 3 is 2.61 bits per heavy atom. The molecule has 0 aliphatic carbocycles. The molecular formula is C28H23BrClNO3S2. The van der Waals surface area contributed by atoms with E-state index in [-0.39, 0.29) is 5.91 Å². The number of hydrogen-bond donors (Lipinski definition) is 0. The van der Waals surface area contributed by atoms with Crippen LogP contribution in [0.2, 0.25) is 5.02 Å². The van der Waals surface area contributed by atoms with Crippen molar-refractivity contribution in [1.29, 1.82) is 0 Å². The number of nitrogens with zero attached hydrogens (tertiary/aromatic N) is 1. The molecule has 0 saturated carbocycles. The number of rotatable bonds is 9. The fourth-order valence-electron chi connectivity index (χ4n) is 3.69. The molecule has 0 atom stereocenters. The average molecular weight is 601 g/mol. The van der Waals surface area contributed by atoms with Crippen molar-refractivity contribution in [2.75, 3.05) is 11.5 Å². The summed E-state index contributed by atoms with van der Waals surface area (Å²) in [6.07, 6.45) is 4.23. The minimum atomic E-state index is -0.189. The number of amides is 1. The predicted molar refractivity (Wildman–Crippen MR) is 157 cm³/mol. The maximum Gasteiger partial charge on any atom is 0.270 e. The molecule has 1 saturated heterocycles. The minimum Gasteiger partial charge on any atom is -0.490 e. The Balaban J connectivity index is 1.66. The van der Waals surface area contributed by atoms with Gasteiger partial charge in [0.2, 0.25) is 0 Å². The van der Waals surface area contributed by atoms with E-state index in [1.807, 2.05) is 61.5 Å². The summed E-state index contributed by atoms with van der Waals surface area (Å²) in [5, 5.41) is 0.541. The highest BCUT2D eigenvalue weighted by molar-refractivity contribution is 9.10. The highest BCUT2D eigenvalue weighted by Crippen LogP contribution is 2.39. The summed E-state index contributed by atoms with van der Waals surface area (Å²) in [5.74, 6) is 1.10. The molecule has 1 heterocycles. The average Bonchev–Trinajstić information content (AvgIpc) is 3.12. The van der Waals surface area contributed by atoms with E-state index in [1.54, 1.807) is 18.2 Å². The van der Waals surface area contributed by atoms with Crippen molar-refractivity contribution in [3.05, 3.63) is 104 Å². The van der Waals surface area contributed by atoms with Gasteiger partial charge in [0.05, 0.1) is 17.2 Å². The lowest BCUT2D eigenvalue weighted by molar-refractivity contribution is -0.113. The van der Waals surface area contributed by atoms with Gasteiger partial charge >= 0.3 is 0 Å². The van der Waals surface area contributed by atoms with Gasteiger partial charge in [-0.2, -0.15) is 0 Å². The molecule has 1 aliphatic rings. The highest BCUT2D eigenvalue weighted by atomic mass is 79.9. The maximum absolute atomic E-state index is 13.2. The van der Waals surface area contributed by atoms with Gasteiger partial charge in [0.1, 0.15) is 6.61 Å². The first-order valence-electron chi connectivity index (χ1n) is 11.2. The van der Waals surface area contributed by atoms with E-state index in [0.29, 0.717) is 51.1 Å². The number of carbonyl (C=O) groups is 1. The third-order valence-electron chi connectivity index (χ3n) is 5.27. The molecule has 8 heteroatoms. The summed E-state index contributed by atoms with van der Waals surface area (Å²) in [6.45, 7) is 6.69. The van der Waals surface area contributed by atoms with E-state index in [1.165, 1.54) is 16.7 Å². The van der Waals surface area contributed by atoms with Crippen LogP contribution in [0.5, 0.6) is 11.5 Å². The fraction of sp³-hybridized carbons (Fsp3) is 0.143. The van der Waals surface area contributed by atoms with Crippen LogP contribution < -0.4 is 14.4 Å². The number of thioether (sulfide) groups is 1. The Morgan fingerprint density at radius 1 is 1.14 bits per heavy atom. The molecule has 1 fully saturated rings. The molecule has 0 spiro atoms. The van der Waals surface area contributed by atoms with Crippen LogP contribution in [0, 0.1) is 0 Å². The molecule has 3 aromatic carbocycles.